The van der Waals surface area contributed by atoms with Gasteiger partial charge in [0.2, 0.25) is 5.91 Å². The summed E-state index contributed by atoms with van der Waals surface area (Å²) in [7, 11) is 0. The van der Waals surface area contributed by atoms with Gasteiger partial charge in [-0.15, -0.1) is 0 Å². The first kappa shape index (κ1) is 21.8. The zero-order chi connectivity index (χ0) is 23.5. The van der Waals surface area contributed by atoms with Crippen LogP contribution in [0.5, 0.6) is 0 Å². The van der Waals surface area contributed by atoms with Crippen molar-refractivity contribution >= 4 is 28.9 Å². The fraction of sp³-hybridized carbons (Fsp3) is 0.154. The first-order valence-corrected chi connectivity index (χ1v) is 11.4. The Hall–Kier alpha value is -4.04. The van der Waals surface area contributed by atoms with Crippen molar-refractivity contribution in [1.82, 2.24) is 24.8 Å². The number of carbonyl (C=O) groups excluding carboxylic acids is 1. The lowest BCUT2D eigenvalue weighted by atomic mass is 10.0. The van der Waals surface area contributed by atoms with Crippen molar-refractivity contribution in [3.8, 4) is 5.69 Å². The fourth-order valence-corrected chi connectivity index (χ4v) is 4.71. The molecule has 34 heavy (non-hydrogen) atoms. The Balaban J connectivity index is 1.54. The highest BCUT2D eigenvalue weighted by molar-refractivity contribution is 7.80. The zero-order valence-electron chi connectivity index (χ0n) is 18.6. The Morgan fingerprint density at radius 1 is 1.03 bits per heavy atom. The molecule has 1 aliphatic heterocycles. The molecule has 1 amide bonds. The van der Waals surface area contributed by atoms with Crippen LogP contribution in [0.2, 0.25) is 0 Å². The molecule has 0 saturated carbocycles. The molecule has 2 atom stereocenters. The number of nitrogens with zero attached hydrogens (tertiary/aromatic N) is 4. The Kier molecular flexibility index (Phi) is 6.05. The van der Waals surface area contributed by atoms with E-state index in [1.165, 1.54) is 0 Å². The average molecular weight is 469 g/mol. The number of amides is 1. The second kappa shape index (κ2) is 9.44. The molecule has 2 unspecified atom stereocenters. The molecular formula is C26H24N6OS. The van der Waals surface area contributed by atoms with E-state index in [2.05, 4.69) is 44.2 Å². The Labute approximate surface area is 203 Å². The van der Waals surface area contributed by atoms with Crippen molar-refractivity contribution < 1.29 is 4.79 Å². The normalized spacial score (nSPS) is 17.4. The van der Waals surface area contributed by atoms with Gasteiger partial charge in [0.25, 0.3) is 0 Å². The molecule has 3 aromatic heterocycles. The number of thiocarbonyl (C=S) groups is 1. The summed E-state index contributed by atoms with van der Waals surface area (Å²) in [5.74, 6) is -0.141. The molecule has 1 aromatic carbocycles. The monoisotopic (exact) mass is 468 g/mol. The van der Waals surface area contributed by atoms with Crippen molar-refractivity contribution in [3.05, 3.63) is 108 Å². The lowest BCUT2D eigenvalue weighted by Crippen LogP contribution is -2.37. The van der Waals surface area contributed by atoms with E-state index in [9.17, 15) is 4.79 Å². The molecule has 4 aromatic rings. The smallest absolute Gasteiger partial charge is 0.244 e. The lowest BCUT2D eigenvalue weighted by Gasteiger charge is -2.28. The molecule has 5 rings (SSSR count). The predicted octanol–water partition coefficient (Wildman–Crippen LogP) is 4.19. The molecule has 170 valence electrons. The second-order valence-corrected chi connectivity index (χ2v) is 8.50. The lowest BCUT2D eigenvalue weighted by molar-refractivity contribution is -0.116. The van der Waals surface area contributed by atoms with Gasteiger partial charge in [-0.25, -0.2) is 0 Å². The number of aryl methyl sites for hydroxylation is 1. The predicted molar refractivity (Wildman–Crippen MR) is 136 cm³/mol. The largest absolute Gasteiger partial charge is 0.352 e. The van der Waals surface area contributed by atoms with Gasteiger partial charge in [-0.05, 0) is 67.7 Å². The molecule has 1 saturated heterocycles. The molecule has 0 spiro atoms. The minimum Gasteiger partial charge on any atom is -0.352 e. The van der Waals surface area contributed by atoms with Crippen molar-refractivity contribution in [2.45, 2.75) is 19.0 Å². The van der Waals surface area contributed by atoms with Gasteiger partial charge in [0.15, 0.2) is 5.11 Å². The highest BCUT2D eigenvalue weighted by atomic mass is 32.1. The molecule has 0 bridgehead atoms. The maximum absolute atomic E-state index is 13.0. The highest BCUT2D eigenvalue weighted by Crippen LogP contribution is 2.40. The topological polar surface area (TPSA) is 75.1 Å². The van der Waals surface area contributed by atoms with Crippen LogP contribution >= 0.6 is 12.2 Å². The van der Waals surface area contributed by atoms with E-state index < -0.39 is 0 Å². The van der Waals surface area contributed by atoms with Crippen LogP contribution in [0.15, 0.2) is 91.4 Å². The third-order valence-corrected chi connectivity index (χ3v) is 6.23. The van der Waals surface area contributed by atoms with E-state index in [1.807, 2.05) is 71.8 Å². The van der Waals surface area contributed by atoms with Crippen LogP contribution in [0.4, 0.5) is 5.69 Å². The van der Waals surface area contributed by atoms with Crippen LogP contribution in [-0.4, -0.2) is 37.0 Å². The average Bonchev–Trinajstić information content (AvgIpc) is 3.40. The Morgan fingerprint density at radius 2 is 1.85 bits per heavy atom. The van der Waals surface area contributed by atoms with E-state index in [4.69, 9.17) is 12.2 Å². The second-order valence-electron chi connectivity index (χ2n) is 8.11. The summed E-state index contributed by atoms with van der Waals surface area (Å²) in [6.07, 6.45) is 5.36. The van der Waals surface area contributed by atoms with E-state index in [1.54, 1.807) is 12.4 Å². The summed E-state index contributed by atoms with van der Waals surface area (Å²) < 4.78 is 2.16. The first-order valence-electron chi connectivity index (χ1n) is 11.0. The van der Waals surface area contributed by atoms with E-state index >= 15 is 0 Å². The number of hydrogen-bond donors (Lipinski definition) is 2. The molecule has 4 heterocycles. The number of hydrogen-bond acceptors (Lipinski definition) is 4. The third kappa shape index (κ3) is 4.27. The number of anilines is 1. The van der Waals surface area contributed by atoms with Gasteiger partial charge < -0.3 is 20.1 Å². The number of benzene rings is 1. The van der Waals surface area contributed by atoms with Gasteiger partial charge in [-0.2, -0.15) is 0 Å². The number of para-hydroxylation sites is 1. The minimum atomic E-state index is -0.252. The molecule has 8 heteroatoms. The summed E-state index contributed by atoms with van der Waals surface area (Å²) in [4.78, 5) is 23.9. The van der Waals surface area contributed by atoms with Crippen LogP contribution < -0.4 is 10.6 Å². The van der Waals surface area contributed by atoms with Crippen LogP contribution in [0.25, 0.3) is 5.69 Å². The minimum absolute atomic E-state index is 0.103. The van der Waals surface area contributed by atoms with Gasteiger partial charge >= 0.3 is 0 Å². The van der Waals surface area contributed by atoms with Crippen LogP contribution in [-0.2, 0) is 4.79 Å². The van der Waals surface area contributed by atoms with Crippen molar-refractivity contribution in [2.75, 3.05) is 11.9 Å². The summed E-state index contributed by atoms with van der Waals surface area (Å²) in [5.41, 5.74) is 4.62. The van der Waals surface area contributed by atoms with Crippen molar-refractivity contribution in [1.29, 1.82) is 0 Å². The fourth-order valence-electron chi connectivity index (χ4n) is 4.40. The highest BCUT2D eigenvalue weighted by Gasteiger charge is 2.42. The molecule has 0 radical (unpaired) electrons. The zero-order valence-corrected chi connectivity index (χ0v) is 19.4. The number of pyridine rings is 2. The molecular weight excluding hydrogens is 444 g/mol. The van der Waals surface area contributed by atoms with Crippen LogP contribution in [0.3, 0.4) is 0 Å². The number of carbonyl (C=O) groups is 1. The van der Waals surface area contributed by atoms with Gasteiger partial charge in [0, 0.05) is 29.5 Å². The number of nitrogens with one attached hydrogen (secondary N) is 2. The Bertz CT molecular complexity index is 1290. The maximum Gasteiger partial charge on any atom is 0.244 e. The summed E-state index contributed by atoms with van der Waals surface area (Å²) in [6.45, 7) is 2.16. The van der Waals surface area contributed by atoms with E-state index in [-0.39, 0.29) is 24.5 Å². The maximum atomic E-state index is 13.0. The third-order valence-electron chi connectivity index (χ3n) is 5.88. The van der Waals surface area contributed by atoms with Crippen LogP contribution in [0.1, 0.15) is 29.2 Å². The number of rotatable bonds is 6. The summed E-state index contributed by atoms with van der Waals surface area (Å²) in [6, 6.07) is 22.9. The number of aromatic nitrogens is 3. The molecule has 7 nitrogen and oxygen atoms in total. The van der Waals surface area contributed by atoms with E-state index in [0.717, 1.165) is 28.5 Å². The molecule has 1 fully saturated rings. The Morgan fingerprint density at radius 3 is 2.59 bits per heavy atom. The summed E-state index contributed by atoms with van der Waals surface area (Å²) >= 11 is 5.73. The van der Waals surface area contributed by atoms with Gasteiger partial charge in [0.1, 0.15) is 6.54 Å². The van der Waals surface area contributed by atoms with Gasteiger partial charge in [-0.1, -0.05) is 24.3 Å². The van der Waals surface area contributed by atoms with E-state index in [0.29, 0.717) is 5.11 Å². The van der Waals surface area contributed by atoms with Crippen LogP contribution in [0, 0.1) is 6.92 Å². The van der Waals surface area contributed by atoms with Crippen molar-refractivity contribution in [3.63, 3.8) is 0 Å². The SMILES string of the molecule is Cc1ccc(C2C(c3ccccn3)NC(=S)N2CC(=O)Nc2ccccc2)n1-c1cccnc1. The summed E-state index contributed by atoms with van der Waals surface area (Å²) in [5, 5.41) is 6.89. The molecule has 0 aliphatic carbocycles. The molecule has 2 N–H and O–H groups in total. The van der Waals surface area contributed by atoms with Crippen molar-refractivity contribution in [2.24, 2.45) is 0 Å². The molecule has 1 aliphatic rings. The standard InChI is InChI=1S/C26H24N6OS/c1-18-12-13-22(32(18)20-10-7-14-27-16-20)25-24(21-11-5-6-15-28-21)30-26(34)31(25)17-23(33)29-19-8-3-2-4-9-19/h2-16,24-25H,17H2,1H3,(H,29,33)(H,30,34). The van der Waals surface area contributed by atoms with Gasteiger partial charge in [0.05, 0.1) is 29.7 Å². The first-order chi connectivity index (χ1) is 16.6. The van der Waals surface area contributed by atoms with Gasteiger partial charge in [-0.3, -0.25) is 14.8 Å². The quantitative estimate of drug-likeness (QED) is 0.414.